The molecule has 3 nitrogen and oxygen atoms in total. The second-order valence-electron chi connectivity index (χ2n) is 3.76. The third kappa shape index (κ3) is 2.29. The van der Waals surface area contributed by atoms with Crippen molar-refractivity contribution in [1.29, 1.82) is 0 Å². The smallest absolute Gasteiger partial charge is 0.231 e. The third-order valence-corrected chi connectivity index (χ3v) is 3.76. The Bertz CT molecular complexity index is 545. The first kappa shape index (κ1) is 13.5. The van der Waals surface area contributed by atoms with Crippen LogP contribution >= 0.6 is 35.3 Å². The number of hydrogen-bond acceptors (Lipinski definition) is 4. The highest BCUT2D eigenvalue weighted by atomic mass is 35.5. The maximum atomic E-state index is 6.21. The van der Waals surface area contributed by atoms with E-state index in [0.717, 1.165) is 11.1 Å². The summed E-state index contributed by atoms with van der Waals surface area (Å²) in [5, 5.41) is 4.62. The van der Waals surface area contributed by atoms with Crippen LogP contribution in [-0.2, 0) is 0 Å². The fourth-order valence-electron chi connectivity index (χ4n) is 1.80. The average molecular weight is 304 g/mol. The Morgan fingerprint density at radius 2 is 2.00 bits per heavy atom. The molecule has 1 atom stereocenters. The maximum absolute atomic E-state index is 6.21. The van der Waals surface area contributed by atoms with E-state index in [0.29, 0.717) is 16.5 Å². The van der Waals surface area contributed by atoms with E-state index < -0.39 is 0 Å². The summed E-state index contributed by atoms with van der Waals surface area (Å²) in [5.74, 6) is 1.38. The van der Waals surface area contributed by atoms with Gasteiger partial charge in [-0.25, -0.2) is 0 Å². The van der Waals surface area contributed by atoms with Gasteiger partial charge in [-0.15, -0.1) is 12.4 Å². The van der Waals surface area contributed by atoms with E-state index in [1.54, 1.807) is 17.4 Å². The molecule has 2 N–H and O–H groups in total. The van der Waals surface area contributed by atoms with Gasteiger partial charge in [-0.1, -0.05) is 11.6 Å². The van der Waals surface area contributed by atoms with Crippen molar-refractivity contribution >= 4 is 35.3 Å². The predicted octanol–water partition coefficient (Wildman–Crippen LogP) is 3.60. The Balaban J connectivity index is 0.00000120. The lowest BCUT2D eigenvalue weighted by Crippen LogP contribution is -2.11. The van der Waals surface area contributed by atoms with E-state index in [1.807, 2.05) is 22.9 Å². The van der Waals surface area contributed by atoms with Crippen LogP contribution in [0.3, 0.4) is 0 Å². The van der Waals surface area contributed by atoms with Gasteiger partial charge in [0.15, 0.2) is 11.5 Å². The molecule has 0 bridgehead atoms. The van der Waals surface area contributed by atoms with Gasteiger partial charge in [0.1, 0.15) is 0 Å². The van der Waals surface area contributed by atoms with Crippen molar-refractivity contribution in [3.8, 4) is 11.5 Å². The number of ether oxygens (including phenoxy) is 2. The number of hydrogen-bond donors (Lipinski definition) is 1. The summed E-state index contributed by atoms with van der Waals surface area (Å²) >= 11 is 7.82. The Hall–Kier alpha value is -0.940. The number of nitrogens with two attached hydrogens (primary N) is 1. The van der Waals surface area contributed by atoms with Crippen molar-refractivity contribution in [1.82, 2.24) is 0 Å². The van der Waals surface area contributed by atoms with Gasteiger partial charge in [-0.3, -0.25) is 0 Å². The lowest BCUT2D eigenvalue weighted by molar-refractivity contribution is 0.174. The van der Waals surface area contributed by atoms with Crippen LogP contribution < -0.4 is 15.2 Å². The minimum absolute atomic E-state index is 0. The van der Waals surface area contributed by atoms with Gasteiger partial charge < -0.3 is 15.2 Å². The van der Waals surface area contributed by atoms with Gasteiger partial charge in [0.2, 0.25) is 6.79 Å². The van der Waals surface area contributed by atoms with Crippen LogP contribution in [-0.4, -0.2) is 6.79 Å². The number of benzene rings is 1. The monoisotopic (exact) mass is 303 g/mol. The first-order chi connectivity index (χ1) is 8.25. The van der Waals surface area contributed by atoms with Crippen molar-refractivity contribution in [2.24, 2.45) is 5.73 Å². The molecule has 2 aromatic rings. The molecule has 0 spiro atoms. The molecule has 3 rings (SSSR count). The largest absolute Gasteiger partial charge is 0.454 e. The van der Waals surface area contributed by atoms with Crippen molar-refractivity contribution < 1.29 is 9.47 Å². The zero-order valence-electron chi connectivity index (χ0n) is 9.26. The van der Waals surface area contributed by atoms with Crippen LogP contribution in [0, 0.1) is 0 Å². The van der Waals surface area contributed by atoms with E-state index in [9.17, 15) is 0 Å². The Labute approximate surface area is 120 Å². The molecule has 0 saturated heterocycles. The second kappa shape index (κ2) is 5.36. The van der Waals surface area contributed by atoms with Crippen LogP contribution in [0.25, 0.3) is 0 Å². The first-order valence-electron chi connectivity index (χ1n) is 5.12. The van der Waals surface area contributed by atoms with Gasteiger partial charge in [-0.2, -0.15) is 11.3 Å². The summed E-state index contributed by atoms with van der Waals surface area (Å²) in [6.45, 7) is 0.239. The highest BCUT2D eigenvalue weighted by molar-refractivity contribution is 7.08. The normalized spacial score (nSPS) is 14.1. The van der Waals surface area contributed by atoms with Gasteiger partial charge in [0, 0.05) is 11.1 Å². The Kier molecular flexibility index (Phi) is 4.02. The lowest BCUT2D eigenvalue weighted by atomic mass is 10.0. The molecular weight excluding hydrogens is 293 g/mol. The third-order valence-electron chi connectivity index (χ3n) is 2.73. The molecule has 1 aliphatic rings. The first-order valence-corrected chi connectivity index (χ1v) is 6.44. The minimum Gasteiger partial charge on any atom is -0.454 e. The molecule has 0 amide bonds. The zero-order valence-corrected chi connectivity index (χ0v) is 11.6. The maximum Gasteiger partial charge on any atom is 0.231 e. The number of thiophene rings is 1. The SMILES string of the molecule is Cl.N[C@@H](c1ccsc1)c1cc2c(cc1Cl)OCO2. The molecule has 1 aliphatic heterocycles. The molecule has 18 heavy (non-hydrogen) atoms. The molecule has 1 aromatic heterocycles. The number of rotatable bonds is 2. The Morgan fingerprint density at radius 1 is 1.28 bits per heavy atom. The van der Waals surface area contributed by atoms with Crippen LogP contribution in [0.5, 0.6) is 11.5 Å². The number of fused-ring (bicyclic) bond motifs is 1. The summed E-state index contributed by atoms with van der Waals surface area (Å²) in [7, 11) is 0. The van der Waals surface area contributed by atoms with Gasteiger partial charge >= 0.3 is 0 Å². The molecule has 6 heteroatoms. The predicted molar refractivity (Wildman–Crippen MR) is 75.2 cm³/mol. The average Bonchev–Trinajstić information content (AvgIpc) is 2.97. The number of halogens is 2. The fraction of sp³-hybridized carbons (Fsp3) is 0.167. The quantitative estimate of drug-likeness (QED) is 0.922. The highest BCUT2D eigenvalue weighted by Gasteiger charge is 2.20. The summed E-state index contributed by atoms with van der Waals surface area (Å²) in [6, 6.07) is 5.37. The van der Waals surface area contributed by atoms with Crippen molar-refractivity contribution in [3.63, 3.8) is 0 Å². The molecule has 0 fully saturated rings. The molecule has 0 radical (unpaired) electrons. The summed E-state index contributed by atoms with van der Waals surface area (Å²) in [4.78, 5) is 0. The highest BCUT2D eigenvalue weighted by Crippen LogP contribution is 2.39. The molecule has 0 unspecified atom stereocenters. The zero-order chi connectivity index (χ0) is 11.8. The summed E-state index contributed by atoms with van der Waals surface area (Å²) < 4.78 is 10.6. The van der Waals surface area contributed by atoms with Crippen molar-refractivity contribution in [2.45, 2.75) is 6.04 Å². The molecule has 0 aliphatic carbocycles. The summed E-state index contributed by atoms with van der Waals surface area (Å²) in [6.07, 6.45) is 0. The van der Waals surface area contributed by atoms with Crippen LogP contribution in [0.4, 0.5) is 0 Å². The lowest BCUT2D eigenvalue weighted by Gasteiger charge is -2.13. The Morgan fingerprint density at radius 3 is 2.67 bits per heavy atom. The molecule has 0 saturated carbocycles. The molecule has 2 heterocycles. The van der Waals surface area contributed by atoms with Crippen LogP contribution in [0.15, 0.2) is 29.0 Å². The van der Waals surface area contributed by atoms with Crippen LogP contribution in [0.1, 0.15) is 17.2 Å². The van der Waals surface area contributed by atoms with Gasteiger partial charge in [0.25, 0.3) is 0 Å². The standard InChI is InChI=1S/C12H10ClNO2S.ClH/c13-9-4-11-10(15-6-16-11)3-8(9)12(14)7-1-2-17-5-7;/h1-5,12H,6,14H2;1H/t12-;/m0./s1. The van der Waals surface area contributed by atoms with E-state index in [1.165, 1.54) is 0 Å². The van der Waals surface area contributed by atoms with E-state index in [2.05, 4.69) is 0 Å². The van der Waals surface area contributed by atoms with Gasteiger partial charge in [0.05, 0.1) is 6.04 Å². The molecular formula is C12H11Cl2NO2S. The second-order valence-corrected chi connectivity index (χ2v) is 4.95. The van der Waals surface area contributed by atoms with E-state index >= 15 is 0 Å². The van der Waals surface area contributed by atoms with Crippen molar-refractivity contribution in [2.75, 3.05) is 6.79 Å². The molecule has 1 aromatic carbocycles. The van der Waals surface area contributed by atoms with Crippen molar-refractivity contribution in [3.05, 3.63) is 45.1 Å². The van der Waals surface area contributed by atoms with Crippen LogP contribution in [0.2, 0.25) is 5.02 Å². The fourth-order valence-corrected chi connectivity index (χ4v) is 2.77. The summed E-state index contributed by atoms with van der Waals surface area (Å²) in [5.41, 5.74) is 8.09. The van der Waals surface area contributed by atoms with Gasteiger partial charge in [-0.05, 0) is 34.0 Å². The minimum atomic E-state index is -0.233. The van der Waals surface area contributed by atoms with E-state index in [4.69, 9.17) is 26.8 Å². The molecule has 96 valence electrons. The topological polar surface area (TPSA) is 44.5 Å². The van der Waals surface area contributed by atoms with E-state index in [-0.39, 0.29) is 25.2 Å².